The van der Waals surface area contributed by atoms with Gasteiger partial charge in [0.15, 0.2) is 18.1 Å². The Labute approximate surface area is 194 Å². The van der Waals surface area contributed by atoms with Gasteiger partial charge in [0.05, 0.1) is 28.4 Å². The molecule has 2 aliphatic rings. The highest BCUT2D eigenvalue weighted by Gasteiger charge is 2.28. The van der Waals surface area contributed by atoms with Crippen molar-refractivity contribution in [3.8, 4) is 34.5 Å². The van der Waals surface area contributed by atoms with Crippen molar-refractivity contribution in [1.29, 1.82) is 0 Å². The Kier molecular flexibility index (Phi) is 7.01. The number of fused-ring (bicyclic) bond motifs is 1. The molecule has 1 fully saturated rings. The van der Waals surface area contributed by atoms with Gasteiger partial charge in [0.25, 0.3) is 5.91 Å². The number of nitrogens with zero attached hydrogens (tertiary/aromatic N) is 1. The standard InChI is InChI=1S/C25H31NO7/c1-28-20-13-17(32-15-24(27)26-9-5-6-10-26)14-21-18(20)7-8-19(33-21)16-11-22(29-2)25(31-4)23(12-16)30-3/h11-14,19H,5-10,15H2,1-4H3. The second kappa shape index (κ2) is 10.1. The molecule has 1 atom stereocenters. The van der Waals surface area contributed by atoms with Gasteiger partial charge >= 0.3 is 0 Å². The summed E-state index contributed by atoms with van der Waals surface area (Å²) in [5, 5.41) is 0. The first kappa shape index (κ1) is 22.9. The van der Waals surface area contributed by atoms with E-state index in [1.165, 1.54) is 0 Å². The van der Waals surface area contributed by atoms with Crippen LogP contribution in [0.1, 0.15) is 36.5 Å². The third-order valence-electron chi connectivity index (χ3n) is 6.17. The topological polar surface area (TPSA) is 75.7 Å². The Morgan fingerprint density at radius 2 is 1.61 bits per heavy atom. The van der Waals surface area contributed by atoms with Crippen molar-refractivity contribution in [2.75, 3.05) is 48.1 Å². The lowest BCUT2D eigenvalue weighted by Crippen LogP contribution is -2.32. The van der Waals surface area contributed by atoms with E-state index in [0.29, 0.717) is 34.5 Å². The SMILES string of the molecule is COc1cc(OCC(=O)N2CCCC2)cc2c1CCC(c1cc(OC)c(OC)c(OC)c1)O2. The minimum absolute atomic E-state index is 0.000375. The second-order valence-corrected chi connectivity index (χ2v) is 8.08. The van der Waals surface area contributed by atoms with E-state index in [1.54, 1.807) is 28.4 Å². The zero-order valence-electron chi connectivity index (χ0n) is 19.6. The van der Waals surface area contributed by atoms with Crippen molar-refractivity contribution in [3.05, 3.63) is 35.4 Å². The van der Waals surface area contributed by atoms with Crippen LogP contribution in [-0.4, -0.2) is 58.9 Å². The third kappa shape index (κ3) is 4.74. The van der Waals surface area contributed by atoms with Crippen LogP contribution in [0.5, 0.6) is 34.5 Å². The molecular weight excluding hydrogens is 426 g/mol. The van der Waals surface area contributed by atoms with Gasteiger partial charge in [-0.15, -0.1) is 0 Å². The normalized spacial score (nSPS) is 17.1. The minimum Gasteiger partial charge on any atom is -0.496 e. The maximum Gasteiger partial charge on any atom is 0.260 e. The van der Waals surface area contributed by atoms with Gasteiger partial charge in [0.2, 0.25) is 5.75 Å². The number of carbonyl (C=O) groups excluding carboxylic acids is 1. The van der Waals surface area contributed by atoms with Crippen molar-refractivity contribution in [1.82, 2.24) is 4.90 Å². The molecule has 1 amide bonds. The van der Waals surface area contributed by atoms with Gasteiger partial charge in [-0.3, -0.25) is 4.79 Å². The van der Waals surface area contributed by atoms with Gasteiger partial charge in [0.1, 0.15) is 23.4 Å². The van der Waals surface area contributed by atoms with Crippen LogP contribution in [0.15, 0.2) is 24.3 Å². The van der Waals surface area contributed by atoms with Gasteiger partial charge in [-0.2, -0.15) is 0 Å². The second-order valence-electron chi connectivity index (χ2n) is 8.08. The van der Waals surface area contributed by atoms with Gasteiger partial charge in [0, 0.05) is 30.8 Å². The number of methoxy groups -OCH3 is 4. The molecule has 0 aromatic heterocycles. The Morgan fingerprint density at radius 1 is 0.939 bits per heavy atom. The highest BCUT2D eigenvalue weighted by Crippen LogP contribution is 2.45. The van der Waals surface area contributed by atoms with E-state index in [1.807, 2.05) is 29.2 Å². The van der Waals surface area contributed by atoms with E-state index in [4.69, 9.17) is 28.4 Å². The summed E-state index contributed by atoms with van der Waals surface area (Å²) < 4.78 is 34.2. The number of hydrogen-bond donors (Lipinski definition) is 0. The number of rotatable bonds is 8. The molecule has 8 heteroatoms. The Morgan fingerprint density at radius 3 is 2.21 bits per heavy atom. The van der Waals surface area contributed by atoms with Crippen LogP contribution in [0.3, 0.4) is 0 Å². The zero-order chi connectivity index (χ0) is 23.4. The molecule has 2 heterocycles. The highest BCUT2D eigenvalue weighted by atomic mass is 16.5. The molecule has 33 heavy (non-hydrogen) atoms. The van der Waals surface area contributed by atoms with E-state index in [2.05, 4.69) is 0 Å². The fourth-order valence-electron chi connectivity index (χ4n) is 4.43. The molecule has 0 N–H and O–H groups in total. The smallest absolute Gasteiger partial charge is 0.260 e. The first-order chi connectivity index (χ1) is 16.1. The molecule has 1 unspecified atom stereocenters. The molecule has 0 bridgehead atoms. The van der Waals surface area contributed by atoms with Crippen molar-refractivity contribution in [3.63, 3.8) is 0 Å². The quantitative estimate of drug-likeness (QED) is 0.597. The number of likely N-dealkylation sites (tertiary alicyclic amines) is 1. The summed E-state index contributed by atoms with van der Waals surface area (Å²) in [5.74, 6) is 3.62. The third-order valence-corrected chi connectivity index (χ3v) is 6.17. The van der Waals surface area contributed by atoms with E-state index < -0.39 is 0 Å². The van der Waals surface area contributed by atoms with E-state index in [-0.39, 0.29) is 18.6 Å². The molecule has 8 nitrogen and oxygen atoms in total. The summed E-state index contributed by atoms with van der Waals surface area (Å²) in [5.41, 5.74) is 1.91. The van der Waals surface area contributed by atoms with Crippen LogP contribution in [0.2, 0.25) is 0 Å². The molecule has 2 aromatic rings. The van der Waals surface area contributed by atoms with Gasteiger partial charge in [-0.05, 0) is 43.4 Å². The van der Waals surface area contributed by atoms with Crippen LogP contribution >= 0.6 is 0 Å². The molecule has 0 aliphatic carbocycles. The first-order valence-corrected chi connectivity index (χ1v) is 11.2. The van der Waals surface area contributed by atoms with Crippen molar-refractivity contribution < 1.29 is 33.2 Å². The molecule has 2 aliphatic heterocycles. The lowest BCUT2D eigenvalue weighted by atomic mass is 9.96. The number of ether oxygens (including phenoxy) is 6. The molecule has 0 spiro atoms. The summed E-state index contributed by atoms with van der Waals surface area (Å²) in [4.78, 5) is 14.2. The molecule has 178 valence electrons. The van der Waals surface area contributed by atoms with E-state index in [9.17, 15) is 4.79 Å². The summed E-state index contributed by atoms with van der Waals surface area (Å²) in [6.45, 7) is 1.60. The Balaban J connectivity index is 1.56. The number of amides is 1. The lowest BCUT2D eigenvalue weighted by Gasteiger charge is -2.29. The van der Waals surface area contributed by atoms with Crippen LogP contribution in [0.25, 0.3) is 0 Å². The highest BCUT2D eigenvalue weighted by molar-refractivity contribution is 5.78. The number of benzene rings is 2. The molecule has 2 aromatic carbocycles. The van der Waals surface area contributed by atoms with E-state index >= 15 is 0 Å². The molecule has 0 saturated carbocycles. The van der Waals surface area contributed by atoms with Crippen LogP contribution in [0.4, 0.5) is 0 Å². The number of carbonyl (C=O) groups is 1. The maximum atomic E-state index is 12.4. The first-order valence-electron chi connectivity index (χ1n) is 11.2. The fourth-order valence-corrected chi connectivity index (χ4v) is 4.43. The van der Waals surface area contributed by atoms with Crippen LogP contribution < -0.4 is 28.4 Å². The zero-order valence-corrected chi connectivity index (χ0v) is 19.6. The van der Waals surface area contributed by atoms with Gasteiger partial charge < -0.3 is 33.3 Å². The monoisotopic (exact) mass is 457 g/mol. The number of hydrogen-bond acceptors (Lipinski definition) is 7. The van der Waals surface area contributed by atoms with Crippen molar-refractivity contribution in [2.24, 2.45) is 0 Å². The van der Waals surface area contributed by atoms with Gasteiger partial charge in [-0.25, -0.2) is 0 Å². The molecule has 1 saturated heterocycles. The molecule has 0 radical (unpaired) electrons. The summed E-state index contributed by atoms with van der Waals surface area (Å²) in [7, 11) is 6.39. The van der Waals surface area contributed by atoms with E-state index in [0.717, 1.165) is 49.9 Å². The van der Waals surface area contributed by atoms with Crippen molar-refractivity contribution in [2.45, 2.75) is 31.8 Å². The largest absolute Gasteiger partial charge is 0.496 e. The predicted molar refractivity (Wildman–Crippen MR) is 122 cm³/mol. The molecule has 4 rings (SSSR count). The fraction of sp³-hybridized carbons (Fsp3) is 0.480. The minimum atomic E-state index is -0.211. The molecular formula is C25H31NO7. The maximum absolute atomic E-state index is 12.4. The predicted octanol–water partition coefficient (Wildman–Crippen LogP) is 3.79. The summed E-state index contributed by atoms with van der Waals surface area (Å²) in [6.07, 6.45) is 3.42. The summed E-state index contributed by atoms with van der Waals surface area (Å²) in [6, 6.07) is 7.46. The summed E-state index contributed by atoms with van der Waals surface area (Å²) >= 11 is 0. The van der Waals surface area contributed by atoms with Crippen molar-refractivity contribution >= 4 is 5.91 Å². The average Bonchev–Trinajstić information content (AvgIpc) is 3.40. The van der Waals surface area contributed by atoms with Crippen LogP contribution in [0, 0.1) is 0 Å². The Hall–Kier alpha value is -3.29. The average molecular weight is 458 g/mol. The Bertz CT molecular complexity index is 975. The van der Waals surface area contributed by atoms with Gasteiger partial charge in [-0.1, -0.05) is 0 Å². The lowest BCUT2D eigenvalue weighted by molar-refractivity contribution is -0.132. The van der Waals surface area contributed by atoms with Crippen LogP contribution in [-0.2, 0) is 11.2 Å².